The highest BCUT2D eigenvalue weighted by molar-refractivity contribution is 9.10. The first-order chi connectivity index (χ1) is 15.2. The lowest BCUT2D eigenvalue weighted by atomic mass is 9.96. The first-order valence-electron chi connectivity index (χ1n) is 10.8. The second kappa shape index (κ2) is 8.75. The van der Waals surface area contributed by atoms with Crippen molar-refractivity contribution in [1.29, 1.82) is 0 Å². The minimum absolute atomic E-state index is 0.141. The van der Waals surface area contributed by atoms with E-state index in [9.17, 15) is 0 Å². The zero-order valence-electron chi connectivity index (χ0n) is 17.5. The zero-order valence-corrected chi connectivity index (χ0v) is 19.1. The number of rotatable bonds is 6. The van der Waals surface area contributed by atoms with Gasteiger partial charge in [-0.05, 0) is 54.4 Å². The summed E-state index contributed by atoms with van der Waals surface area (Å²) in [6.07, 6.45) is 2.77. The van der Waals surface area contributed by atoms with E-state index in [4.69, 9.17) is 14.6 Å². The van der Waals surface area contributed by atoms with Gasteiger partial charge in [-0.2, -0.15) is 5.10 Å². The molecule has 5 heteroatoms. The maximum Gasteiger partial charge on any atom is 0.213 e. The van der Waals surface area contributed by atoms with Crippen molar-refractivity contribution in [2.24, 2.45) is 5.10 Å². The largest absolute Gasteiger partial charge is 0.494 e. The number of hydrogen-bond donors (Lipinski definition) is 0. The quantitative estimate of drug-likeness (QED) is 0.364. The van der Waals surface area contributed by atoms with Gasteiger partial charge >= 0.3 is 0 Å². The Bertz CT molecular complexity index is 1080. The smallest absolute Gasteiger partial charge is 0.213 e. The molecule has 2 aliphatic rings. The molecule has 0 unspecified atom stereocenters. The lowest BCUT2D eigenvalue weighted by Gasteiger charge is -2.38. The molecule has 0 bridgehead atoms. The van der Waals surface area contributed by atoms with E-state index in [1.165, 1.54) is 5.56 Å². The van der Waals surface area contributed by atoms with Crippen LogP contribution in [0.5, 0.6) is 11.5 Å². The molecule has 0 saturated carbocycles. The third-order valence-corrected chi connectivity index (χ3v) is 6.28. The number of benzene rings is 3. The predicted molar refractivity (Wildman–Crippen MR) is 127 cm³/mol. The number of hydrazone groups is 1. The summed E-state index contributed by atoms with van der Waals surface area (Å²) < 4.78 is 13.4. The Morgan fingerprint density at radius 2 is 1.87 bits per heavy atom. The fourth-order valence-electron chi connectivity index (χ4n) is 4.15. The van der Waals surface area contributed by atoms with Gasteiger partial charge in [-0.3, -0.25) is 0 Å². The van der Waals surface area contributed by atoms with Gasteiger partial charge < -0.3 is 9.47 Å². The lowest BCUT2D eigenvalue weighted by molar-refractivity contribution is -0.0191. The average molecular weight is 477 g/mol. The lowest BCUT2D eigenvalue weighted by Crippen LogP contribution is -2.33. The van der Waals surface area contributed by atoms with Crippen molar-refractivity contribution in [3.05, 3.63) is 94.0 Å². The monoisotopic (exact) mass is 476 g/mol. The topological polar surface area (TPSA) is 34.1 Å². The van der Waals surface area contributed by atoms with Crippen LogP contribution in [0.25, 0.3) is 0 Å². The highest BCUT2D eigenvalue weighted by atomic mass is 79.9. The summed E-state index contributed by atoms with van der Waals surface area (Å²) in [5.74, 6) is 1.81. The van der Waals surface area contributed by atoms with Gasteiger partial charge in [0, 0.05) is 22.0 Å². The molecule has 0 aromatic heterocycles. The molecule has 2 heterocycles. The van der Waals surface area contributed by atoms with Crippen LogP contribution in [0.1, 0.15) is 55.1 Å². The Morgan fingerprint density at radius 1 is 1.06 bits per heavy atom. The van der Waals surface area contributed by atoms with Crippen molar-refractivity contribution in [3.8, 4) is 11.5 Å². The molecule has 31 heavy (non-hydrogen) atoms. The van der Waals surface area contributed by atoms with Gasteiger partial charge in [-0.1, -0.05) is 59.6 Å². The minimum Gasteiger partial charge on any atom is -0.494 e. The number of unbranched alkanes of at least 4 members (excludes halogenated alkanes) is 1. The molecule has 3 aromatic rings. The molecule has 158 valence electrons. The van der Waals surface area contributed by atoms with E-state index in [1.54, 1.807) is 0 Å². The molecule has 5 rings (SSSR count). The van der Waals surface area contributed by atoms with Gasteiger partial charge in [0.05, 0.1) is 18.4 Å². The van der Waals surface area contributed by atoms with E-state index in [0.29, 0.717) is 0 Å². The fraction of sp³-hybridized carbons (Fsp3) is 0.269. The second-order valence-electron chi connectivity index (χ2n) is 7.94. The summed E-state index contributed by atoms with van der Waals surface area (Å²) in [5, 5.41) is 7.14. The summed E-state index contributed by atoms with van der Waals surface area (Å²) in [6.45, 7) is 2.91. The van der Waals surface area contributed by atoms with Gasteiger partial charge in [-0.25, -0.2) is 5.01 Å². The molecule has 0 radical (unpaired) electrons. The third-order valence-electron chi connectivity index (χ3n) is 5.79. The number of halogens is 1. The predicted octanol–water partition coefficient (Wildman–Crippen LogP) is 6.87. The van der Waals surface area contributed by atoms with Crippen LogP contribution in [0.3, 0.4) is 0 Å². The van der Waals surface area contributed by atoms with E-state index in [1.807, 2.05) is 30.3 Å². The summed E-state index contributed by atoms with van der Waals surface area (Å²) >= 11 is 3.62. The Labute approximate surface area is 191 Å². The molecule has 0 fully saturated rings. The van der Waals surface area contributed by atoms with E-state index >= 15 is 0 Å². The normalized spacial score (nSPS) is 19.3. The zero-order chi connectivity index (χ0) is 21.2. The summed E-state index contributed by atoms with van der Waals surface area (Å²) in [6, 6.07) is 25.0. The maximum atomic E-state index is 6.47. The van der Waals surface area contributed by atoms with Gasteiger partial charge in [0.1, 0.15) is 11.5 Å². The highest BCUT2D eigenvalue weighted by Gasteiger charge is 2.41. The molecule has 3 aromatic carbocycles. The number of ether oxygens (including phenoxy) is 2. The second-order valence-corrected chi connectivity index (χ2v) is 8.85. The molecule has 0 amide bonds. The van der Waals surface area contributed by atoms with Crippen LogP contribution in [0.2, 0.25) is 0 Å². The Kier molecular flexibility index (Phi) is 5.68. The van der Waals surface area contributed by atoms with Crippen LogP contribution in [-0.2, 0) is 0 Å². The van der Waals surface area contributed by atoms with Crippen molar-refractivity contribution in [1.82, 2.24) is 5.01 Å². The Hall–Kier alpha value is -2.79. The Balaban J connectivity index is 1.48. The van der Waals surface area contributed by atoms with Crippen LogP contribution < -0.4 is 9.47 Å². The van der Waals surface area contributed by atoms with Crippen molar-refractivity contribution >= 4 is 21.6 Å². The molecule has 0 saturated heterocycles. The molecule has 0 spiro atoms. The number of hydrogen-bond acceptors (Lipinski definition) is 4. The summed E-state index contributed by atoms with van der Waals surface area (Å²) in [7, 11) is 0. The van der Waals surface area contributed by atoms with Gasteiger partial charge in [0.25, 0.3) is 0 Å². The molecule has 4 nitrogen and oxygen atoms in total. The third kappa shape index (κ3) is 4.07. The van der Waals surface area contributed by atoms with E-state index in [-0.39, 0.29) is 12.3 Å². The minimum atomic E-state index is -0.274. The summed E-state index contributed by atoms with van der Waals surface area (Å²) in [4.78, 5) is 0. The molecular weight excluding hydrogens is 452 g/mol. The van der Waals surface area contributed by atoms with Crippen molar-refractivity contribution in [3.63, 3.8) is 0 Å². The van der Waals surface area contributed by atoms with Crippen LogP contribution in [0.4, 0.5) is 0 Å². The summed E-state index contributed by atoms with van der Waals surface area (Å²) in [5.41, 5.74) is 4.48. The number of fused-ring (bicyclic) bond motifs is 3. The van der Waals surface area contributed by atoms with Crippen molar-refractivity contribution < 1.29 is 9.47 Å². The van der Waals surface area contributed by atoms with Gasteiger partial charge in [0.2, 0.25) is 6.23 Å². The van der Waals surface area contributed by atoms with E-state index in [2.05, 4.69) is 70.3 Å². The van der Waals surface area contributed by atoms with E-state index in [0.717, 1.165) is 58.7 Å². The maximum absolute atomic E-state index is 6.47. The van der Waals surface area contributed by atoms with Crippen LogP contribution in [-0.4, -0.2) is 17.3 Å². The molecule has 2 aliphatic heterocycles. The fourth-order valence-corrected chi connectivity index (χ4v) is 4.52. The highest BCUT2D eigenvalue weighted by Crippen LogP contribution is 2.48. The standard InChI is InChI=1S/C26H25BrN2O2/c1-2-3-15-30-21-12-9-19(10-13-21)26-29-24(22-16-20(27)11-14-25(22)31-26)17-23(28-29)18-7-5-4-6-8-18/h4-14,16,24,26H,2-3,15,17H2,1H3/t24-,26+/m0/s1. The molecular formula is C26H25BrN2O2. The molecule has 2 atom stereocenters. The van der Waals surface area contributed by atoms with Gasteiger partial charge in [-0.15, -0.1) is 0 Å². The Morgan fingerprint density at radius 3 is 2.65 bits per heavy atom. The first-order valence-corrected chi connectivity index (χ1v) is 11.6. The molecule has 0 N–H and O–H groups in total. The van der Waals surface area contributed by atoms with Gasteiger partial charge in [0.15, 0.2) is 0 Å². The number of nitrogens with zero attached hydrogens (tertiary/aromatic N) is 2. The van der Waals surface area contributed by atoms with Crippen molar-refractivity contribution in [2.45, 2.75) is 38.5 Å². The van der Waals surface area contributed by atoms with Crippen molar-refractivity contribution in [2.75, 3.05) is 6.61 Å². The molecule has 0 aliphatic carbocycles. The van der Waals surface area contributed by atoms with E-state index < -0.39 is 0 Å². The first kappa shape index (κ1) is 20.1. The van der Waals surface area contributed by atoms with Crippen LogP contribution >= 0.6 is 15.9 Å². The van der Waals surface area contributed by atoms with Crippen LogP contribution in [0.15, 0.2) is 82.4 Å². The average Bonchev–Trinajstić information content (AvgIpc) is 3.26. The SMILES string of the molecule is CCCCOc1ccc([C@H]2Oc3ccc(Br)cc3[C@@H]3CC(c4ccccc4)=NN23)cc1. The van der Waals surface area contributed by atoms with Crippen LogP contribution in [0, 0.1) is 0 Å².